The number of likely N-dealkylation sites (tertiary alicyclic amines) is 1. The summed E-state index contributed by atoms with van der Waals surface area (Å²) < 4.78 is 0. The molecule has 0 aromatic heterocycles. The van der Waals surface area contributed by atoms with Crippen molar-refractivity contribution < 1.29 is 0 Å². The van der Waals surface area contributed by atoms with Crippen LogP contribution in [-0.2, 0) is 6.54 Å². The Morgan fingerprint density at radius 2 is 2.18 bits per heavy atom. The molecule has 0 radical (unpaired) electrons. The second kappa shape index (κ2) is 5.84. The molecule has 90 valence electrons. The summed E-state index contributed by atoms with van der Waals surface area (Å²) in [6.07, 6.45) is 2.43. The average Bonchev–Trinajstić information content (AvgIpc) is 2.39. The van der Waals surface area contributed by atoms with Crippen LogP contribution in [-0.4, -0.2) is 18.0 Å². The third kappa shape index (κ3) is 3.31. The van der Waals surface area contributed by atoms with Crippen molar-refractivity contribution in [2.45, 2.75) is 26.3 Å². The van der Waals surface area contributed by atoms with Crippen LogP contribution >= 0.6 is 0 Å². The first-order chi connectivity index (χ1) is 8.29. The van der Waals surface area contributed by atoms with Gasteiger partial charge in [0.05, 0.1) is 6.07 Å². The molecule has 0 aliphatic carbocycles. The van der Waals surface area contributed by atoms with Crippen LogP contribution in [0.2, 0.25) is 0 Å². The van der Waals surface area contributed by atoms with Gasteiger partial charge in [-0.25, -0.2) is 0 Å². The van der Waals surface area contributed by atoms with E-state index in [1.54, 1.807) is 0 Å². The number of nitrogens with zero attached hydrogens (tertiary/aromatic N) is 2. The number of benzene rings is 1. The van der Waals surface area contributed by atoms with Crippen LogP contribution in [0.5, 0.6) is 0 Å². The van der Waals surface area contributed by atoms with E-state index < -0.39 is 0 Å². The number of nitriles is 1. The van der Waals surface area contributed by atoms with Gasteiger partial charge >= 0.3 is 0 Å². The molecule has 1 aromatic rings. The van der Waals surface area contributed by atoms with Crippen LogP contribution in [0.4, 0.5) is 0 Å². The lowest BCUT2D eigenvalue weighted by atomic mass is 9.87. The maximum Gasteiger partial charge on any atom is 0.0656 e. The molecular formula is C15H20N2. The third-order valence-corrected chi connectivity index (χ3v) is 3.70. The fraction of sp³-hybridized carbons (Fsp3) is 0.533. The summed E-state index contributed by atoms with van der Waals surface area (Å²) in [5.74, 6) is 0.742. The highest BCUT2D eigenvalue weighted by atomic mass is 15.1. The van der Waals surface area contributed by atoms with Crippen molar-refractivity contribution in [1.82, 2.24) is 4.90 Å². The van der Waals surface area contributed by atoms with Crippen molar-refractivity contribution in [3.05, 3.63) is 35.9 Å². The van der Waals surface area contributed by atoms with Gasteiger partial charge in [-0.1, -0.05) is 30.3 Å². The average molecular weight is 228 g/mol. The van der Waals surface area contributed by atoms with E-state index in [2.05, 4.69) is 48.2 Å². The molecule has 2 nitrogen and oxygen atoms in total. The number of piperidine rings is 1. The standard InChI is InChI=1S/C15H20N2/c1-13(10-16)15-8-5-9-17(12-15)11-14-6-3-2-4-7-14/h2-4,6-7,13,15H,5,8-9,11-12H2,1H3. The van der Waals surface area contributed by atoms with E-state index >= 15 is 0 Å². The maximum absolute atomic E-state index is 8.99. The predicted octanol–water partition coefficient (Wildman–Crippen LogP) is 3.06. The predicted molar refractivity (Wildman–Crippen MR) is 69.2 cm³/mol. The molecule has 2 rings (SSSR count). The molecule has 1 saturated heterocycles. The summed E-state index contributed by atoms with van der Waals surface area (Å²) >= 11 is 0. The number of rotatable bonds is 3. The summed E-state index contributed by atoms with van der Waals surface area (Å²) in [6, 6.07) is 13.0. The Morgan fingerprint density at radius 1 is 1.41 bits per heavy atom. The van der Waals surface area contributed by atoms with E-state index in [9.17, 15) is 0 Å². The van der Waals surface area contributed by atoms with Gasteiger partial charge in [0, 0.05) is 19.0 Å². The maximum atomic E-state index is 8.99. The third-order valence-electron chi connectivity index (χ3n) is 3.70. The Kier molecular flexibility index (Phi) is 4.17. The molecule has 1 fully saturated rings. The lowest BCUT2D eigenvalue weighted by Crippen LogP contribution is -2.37. The van der Waals surface area contributed by atoms with Crippen LogP contribution in [0.25, 0.3) is 0 Å². The first kappa shape index (κ1) is 12.1. The van der Waals surface area contributed by atoms with Crippen LogP contribution in [0.1, 0.15) is 25.3 Å². The molecule has 1 aliphatic rings. The molecule has 0 N–H and O–H groups in total. The fourth-order valence-electron chi connectivity index (χ4n) is 2.59. The van der Waals surface area contributed by atoms with E-state index in [4.69, 9.17) is 5.26 Å². The Morgan fingerprint density at radius 3 is 2.88 bits per heavy atom. The van der Waals surface area contributed by atoms with Crippen molar-refractivity contribution in [2.75, 3.05) is 13.1 Å². The zero-order valence-corrected chi connectivity index (χ0v) is 10.5. The molecule has 17 heavy (non-hydrogen) atoms. The SMILES string of the molecule is CC(C#N)C1CCCN(Cc2ccccc2)C1. The molecule has 0 amide bonds. The summed E-state index contributed by atoms with van der Waals surface area (Å²) in [5.41, 5.74) is 1.37. The van der Waals surface area contributed by atoms with Crippen LogP contribution in [0, 0.1) is 23.2 Å². The van der Waals surface area contributed by atoms with E-state index in [0.29, 0.717) is 5.92 Å². The number of hydrogen-bond acceptors (Lipinski definition) is 2. The lowest BCUT2D eigenvalue weighted by molar-refractivity contribution is 0.148. The van der Waals surface area contributed by atoms with E-state index in [0.717, 1.165) is 13.1 Å². The molecule has 1 heterocycles. The minimum absolute atomic E-state index is 0.188. The summed E-state index contributed by atoms with van der Waals surface area (Å²) in [6.45, 7) is 5.32. The second-order valence-corrected chi connectivity index (χ2v) is 5.04. The van der Waals surface area contributed by atoms with Crippen molar-refractivity contribution in [2.24, 2.45) is 11.8 Å². The second-order valence-electron chi connectivity index (χ2n) is 5.04. The van der Waals surface area contributed by atoms with E-state index in [1.165, 1.54) is 24.9 Å². The smallest absolute Gasteiger partial charge is 0.0656 e. The molecular weight excluding hydrogens is 208 g/mol. The van der Waals surface area contributed by atoms with Crippen molar-refractivity contribution in [3.63, 3.8) is 0 Å². The molecule has 2 atom stereocenters. The molecule has 0 bridgehead atoms. The minimum atomic E-state index is 0.188. The van der Waals surface area contributed by atoms with Gasteiger partial charge in [-0.05, 0) is 37.8 Å². The molecule has 1 aromatic carbocycles. The van der Waals surface area contributed by atoms with Gasteiger partial charge in [-0.2, -0.15) is 5.26 Å². The highest BCUT2D eigenvalue weighted by Gasteiger charge is 2.24. The zero-order chi connectivity index (χ0) is 12.1. The highest BCUT2D eigenvalue weighted by Crippen LogP contribution is 2.24. The van der Waals surface area contributed by atoms with Crippen molar-refractivity contribution in [1.29, 1.82) is 5.26 Å². The molecule has 0 saturated carbocycles. The van der Waals surface area contributed by atoms with Crippen LogP contribution in [0.15, 0.2) is 30.3 Å². The summed E-state index contributed by atoms with van der Waals surface area (Å²) in [5, 5.41) is 8.99. The lowest BCUT2D eigenvalue weighted by Gasteiger charge is -2.33. The van der Waals surface area contributed by atoms with Gasteiger partial charge in [0.1, 0.15) is 0 Å². The van der Waals surface area contributed by atoms with Crippen molar-refractivity contribution in [3.8, 4) is 6.07 Å². The minimum Gasteiger partial charge on any atom is -0.299 e. The first-order valence-electron chi connectivity index (χ1n) is 6.45. The summed E-state index contributed by atoms with van der Waals surface area (Å²) in [7, 11) is 0. The van der Waals surface area contributed by atoms with Gasteiger partial charge < -0.3 is 0 Å². The quantitative estimate of drug-likeness (QED) is 0.795. The largest absolute Gasteiger partial charge is 0.299 e. The molecule has 2 unspecified atom stereocenters. The van der Waals surface area contributed by atoms with E-state index in [-0.39, 0.29) is 5.92 Å². The number of hydrogen-bond donors (Lipinski definition) is 0. The topological polar surface area (TPSA) is 27.0 Å². The molecule has 0 spiro atoms. The Labute approximate surface area is 104 Å². The monoisotopic (exact) mass is 228 g/mol. The Balaban J connectivity index is 1.92. The van der Waals surface area contributed by atoms with Gasteiger partial charge in [-0.3, -0.25) is 4.90 Å². The zero-order valence-electron chi connectivity index (χ0n) is 10.5. The van der Waals surface area contributed by atoms with Gasteiger partial charge in [0.15, 0.2) is 0 Å². The van der Waals surface area contributed by atoms with Gasteiger partial charge in [0.2, 0.25) is 0 Å². The normalized spacial score (nSPS) is 22.9. The van der Waals surface area contributed by atoms with Crippen LogP contribution < -0.4 is 0 Å². The Bertz CT molecular complexity index is 380. The van der Waals surface area contributed by atoms with Crippen molar-refractivity contribution >= 4 is 0 Å². The van der Waals surface area contributed by atoms with E-state index in [1.807, 2.05) is 0 Å². The first-order valence-corrected chi connectivity index (χ1v) is 6.45. The Hall–Kier alpha value is -1.33. The van der Waals surface area contributed by atoms with Crippen LogP contribution in [0.3, 0.4) is 0 Å². The fourth-order valence-corrected chi connectivity index (χ4v) is 2.59. The highest BCUT2D eigenvalue weighted by molar-refractivity contribution is 5.14. The molecule has 2 heteroatoms. The summed E-state index contributed by atoms with van der Waals surface area (Å²) in [4.78, 5) is 2.48. The van der Waals surface area contributed by atoms with Gasteiger partial charge in [-0.15, -0.1) is 0 Å². The van der Waals surface area contributed by atoms with Gasteiger partial charge in [0.25, 0.3) is 0 Å². The molecule has 1 aliphatic heterocycles.